The fourth-order valence-electron chi connectivity index (χ4n) is 2.85. The van der Waals surface area contributed by atoms with E-state index < -0.39 is 10.0 Å². The molecule has 1 atom stereocenters. The van der Waals surface area contributed by atoms with E-state index in [-0.39, 0.29) is 10.9 Å². The molecule has 2 heterocycles. The number of sulfonamides is 1. The van der Waals surface area contributed by atoms with E-state index in [0.29, 0.717) is 11.6 Å². The number of nitrogens with zero attached hydrogens (tertiary/aromatic N) is 1. The van der Waals surface area contributed by atoms with E-state index in [2.05, 4.69) is 0 Å². The Kier molecular flexibility index (Phi) is 4.10. The average Bonchev–Trinajstić information content (AvgIpc) is 2.94. The van der Waals surface area contributed by atoms with E-state index in [4.69, 9.17) is 11.6 Å². The van der Waals surface area contributed by atoms with Crippen LogP contribution in [0, 0.1) is 0 Å². The predicted molar refractivity (Wildman–Crippen MR) is 86.4 cm³/mol. The highest BCUT2D eigenvalue weighted by atomic mass is 35.5. The zero-order valence-corrected chi connectivity index (χ0v) is 14.0. The van der Waals surface area contributed by atoms with Gasteiger partial charge in [0.05, 0.1) is 10.9 Å². The van der Waals surface area contributed by atoms with Crippen LogP contribution >= 0.6 is 22.9 Å². The zero-order valence-electron chi connectivity index (χ0n) is 11.6. The molecule has 21 heavy (non-hydrogen) atoms. The van der Waals surface area contributed by atoms with E-state index in [1.807, 2.05) is 18.4 Å². The van der Waals surface area contributed by atoms with Crippen molar-refractivity contribution >= 4 is 33.0 Å². The first-order valence-corrected chi connectivity index (χ1v) is 9.57. The minimum absolute atomic E-state index is 0.0796. The van der Waals surface area contributed by atoms with Crippen LogP contribution in [0.2, 0.25) is 5.02 Å². The van der Waals surface area contributed by atoms with Gasteiger partial charge >= 0.3 is 0 Å². The Morgan fingerprint density at radius 2 is 2.19 bits per heavy atom. The third-order valence-corrected chi connectivity index (χ3v) is 6.97. The fourth-order valence-corrected chi connectivity index (χ4v) is 5.76. The molecule has 1 aromatic carbocycles. The molecule has 0 spiro atoms. The largest absolute Gasteiger partial charge is 0.243 e. The van der Waals surface area contributed by atoms with Crippen molar-refractivity contribution in [1.29, 1.82) is 0 Å². The molecule has 6 heteroatoms. The van der Waals surface area contributed by atoms with Gasteiger partial charge in [-0.05, 0) is 48.1 Å². The Labute approximate surface area is 134 Å². The van der Waals surface area contributed by atoms with Gasteiger partial charge in [0, 0.05) is 16.4 Å². The Morgan fingerprint density at radius 1 is 1.38 bits per heavy atom. The Morgan fingerprint density at radius 3 is 2.90 bits per heavy atom. The second-order valence-electron chi connectivity index (χ2n) is 5.05. The molecule has 2 aromatic rings. The lowest BCUT2D eigenvalue weighted by molar-refractivity contribution is 0.303. The summed E-state index contributed by atoms with van der Waals surface area (Å²) in [6, 6.07) is 8.46. The molecule has 0 saturated heterocycles. The quantitative estimate of drug-likeness (QED) is 0.842. The smallest absolute Gasteiger partial charge is 0.207 e. The standard InChI is InChI=1S/C15H16ClNO2S2/c1-2-14-13-7-9-20-15(13)6-8-17(14)21(18,19)12-5-3-4-11(16)10-12/h3-5,7,9-10,14H,2,6,8H2,1H3. The predicted octanol–water partition coefficient (Wildman–Crippen LogP) is 4.10. The topological polar surface area (TPSA) is 37.4 Å². The van der Waals surface area contributed by atoms with Gasteiger partial charge < -0.3 is 0 Å². The number of fused-ring (bicyclic) bond motifs is 1. The third-order valence-electron chi connectivity index (χ3n) is 3.84. The van der Waals surface area contributed by atoms with E-state index in [9.17, 15) is 8.42 Å². The molecule has 0 N–H and O–H groups in total. The molecule has 3 rings (SSSR count). The van der Waals surface area contributed by atoms with Crippen LogP contribution in [-0.2, 0) is 16.4 Å². The molecule has 0 aliphatic carbocycles. The van der Waals surface area contributed by atoms with Gasteiger partial charge in [-0.25, -0.2) is 8.42 Å². The van der Waals surface area contributed by atoms with Crippen molar-refractivity contribution in [2.75, 3.05) is 6.54 Å². The van der Waals surface area contributed by atoms with Crippen molar-refractivity contribution in [2.45, 2.75) is 30.7 Å². The van der Waals surface area contributed by atoms with Crippen molar-refractivity contribution < 1.29 is 8.42 Å². The van der Waals surface area contributed by atoms with Crippen LogP contribution in [0.4, 0.5) is 0 Å². The Hall–Kier alpha value is -0.880. The molecule has 3 nitrogen and oxygen atoms in total. The van der Waals surface area contributed by atoms with Crippen molar-refractivity contribution in [3.63, 3.8) is 0 Å². The fraction of sp³-hybridized carbons (Fsp3) is 0.333. The molecular formula is C15H16ClNO2S2. The highest BCUT2D eigenvalue weighted by Gasteiger charge is 2.35. The summed E-state index contributed by atoms with van der Waals surface area (Å²) in [6.07, 6.45) is 1.55. The Balaban J connectivity index is 2.03. The second-order valence-corrected chi connectivity index (χ2v) is 8.37. The van der Waals surface area contributed by atoms with E-state index in [0.717, 1.165) is 18.4 Å². The van der Waals surface area contributed by atoms with Crippen molar-refractivity contribution in [3.8, 4) is 0 Å². The van der Waals surface area contributed by atoms with Gasteiger partial charge in [0.2, 0.25) is 10.0 Å². The summed E-state index contributed by atoms with van der Waals surface area (Å²) in [5.41, 5.74) is 1.15. The summed E-state index contributed by atoms with van der Waals surface area (Å²) >= 11 is 7.66. The van der Waals surface area contributed by atoms with Gasteiger partial charge in [0.15, 0.2) is 0 Å². The third kappa shape index (κ3) is 2.63. The van der Waals surface area contributed by atoms with E-state index >= 15 is 0 Å². The number of hydrogen-bond donors (Lipinski definition) is 0. The van der Waals surface area contributed by atoms with Crippen LogP contribution in [0.25, 0.3) is 0 Å². The van der Waals surface area contributed by atoms with Crippen LogP contribution in [0.3, 0.4) is 0 Å². The van der Waals surface area contributed by atoms with Crippen LogP contribution in [0.15, 0.2) is 40.6 Å². The SMILES string of the molecule is CCC1c2ccsc2CCN1S(=O)(=O)c1cccc(Cl)c1. The monoisotopic (exact) mass is 341 g/mol. The van der Waals surface area contributed by atoms with Gasteiger partial charge in [-0.3, -0.25) is 0 Å². The lowest BCUT2D eigenvalue weighted by Gasteiger charge is -2.34. The summed E-state index contributed by atoms with van der Waals surface area (Å²) in [5.74, 6) is 0. The molecule has 112 valence electrons. The zero-order chi connectivity index (χ0) is 15.0. The van der Waals surface area contributed by atoms with E-state index in [1.165, 1.54) is 10.9 Å². The van der Waals surface area contributed by atoms with Gasteiger partial charge in [0.1, 0.15) is 0 Å². The first kappa shape index (κ1) is 15.0. The van der Waals surface area contributed by atoms with Crippen LogP contribution in [0.1, 0.15) is 29.8 Å². The second kappa shape index (κ2) is 5.72. The van der Waals surface area contributed by atoms with Crippen molar-refractivity contribution in [2.24, 2.45) is 0 Å². The van der Waals surface area contributed by atoms with Gasteiger partial charge in [0.25, 0.3) is 0 Å². The first-order valence-electron chi connectivity index (χ1n) is 6.87. The molecular weight excluding hydrogens is 326 g/mol. The van der Waals surface area contributed by atoms with Gasteiger partial charge in [-0.2, -0.15) is 4.31 Å². The minimum Gasteiger partial charge on any atom is -0.207 e. The summed E-state index contributed by atoms with van der Waals surface area (Å²) < 4.78 is 27.4. The van der Waals surface area contributed by atoms with Crippen molar-refractivity contribution in [1.82, 2.24) is 4.31 Å². The molecule has 0 amide bonds. The van der Waals surface area contributed by atoms with Gasteiger partial charge in [-0.1, -0.05) is 24.6 Å². The minimum atomic E-state index is -3.51. The first-order chi connectivity index (χ1) is 10.0. The molecule has 1 aromatic heterocycles. The van der Waals surface area contributed by atoms with Crippen molar-refractivity contribution in [3.05, 3.63) is 51.2 Å². The molecule has 0 radical (unpaired) electrons. The highest BCUT2D eigenvalue weighted by Crippen LogP contribution is 2.38. The van der Waals surface area contributed by atoms with Gasteiger partial charge in [-0.15, -0.1) is 11.3 Å². The lowest BCUT2D eigenvalue weighted by Crippen LogP contribution is -2.39. The number of benzene rings is 1. The molecule has 0 saturated carbocycles. The summed E-state index contributed by atoms with van der Waals surface area (Å²) in [5, 5.41) is 2.49. The molecule has 0 fully saturated rings. The molecule has 0 bridgehead atoms. The van der Waals surface area contributed by atoms with E-state index in [1.54, 1.807) is 33.8 Å². The number of rotatable bonds is 3. The lowest BCUT2D eigenvalue weighted by atomic mass is 10.0. The normalized spacial score (nSPS) is 19.4. The maximum atomic E-state index is 12.9. The summed E-state index contributed by atoms with van der Waals surface area (Å²) in [4.78, 5) is 1.58. The highest BCUT2D eigenvalue weighted by molar-refractivity contribution is 7.89. The number of hydrogen-bond acceptors (Lipinski definition) is 3. The number of halogens is 1. The van der Waals surface area contributed by atoms with Crippen LogP contribution < -0.4 is 0 Å². The maximum absolute atomic E-state index is 12.9. The summed E-state index contributed by atoms with van der Waals surface area (Å²) in [6.45, 7) is 2.55. The molecule has 1 aliphatic rings. The Bertz CT molecular complexity index is 755. The molecule has 1 aliphatic heterocycles. The van der Waals surface area contributed by atoms with Crippen LogP contribution in [0.5, 0.6) is 0 Å². The average molecular weight is 342 g/mol. The maximum Gasteiger partial charge on any atom is 0.243 e. The van der Waals surface area contributed by atoms with Crippen LogP contribution in [-0.4, -0.2) is 19.3 Å². The molecule has 1 unspecified atom stereocenters. The summed E-state index contributed by atoms with van der Waals surface area (Å²) in [7, 11) is -3.51. The number of thiophene rings is 1.